The van der Waals surface area contributed by atoms with Gasteiger partial charge in [0.15, 0.2) is 0 Å². The van der Waals surface area contributed by atoms with E-state index in [1.54, 1.807) is 5.01 Å². The van der Waals surface area contributed by atoms with Crippen LogP contribution in [-0.4, -0.2) is 31.5 Å². The van der Waals surface area contributed by atoms with Crippen LogP contribution in [0.4, 0.5) is 0 Å². The maximum atomic E-state index is 5.42. The van der Waals surface area contributed by atoms with Crippen LogP contribution < -0.4 is 0 Å². The molecule has 0 N–H and O–H groups in total. The number of ether oxygens (including phenoxy) is 1. The lowest BCUT2D eigenvalue weighted by Crippen LogP contribution is -2.17. The lowest BCUT2D eigenvalue weighted by atomic mass is 10.4. The quantitative estimate of drug-likeness (QED) is 0.465. The Hall–Kier alpha value is -0.830. The molecule has 0 bridgehead atoms. The van der Waals surface area contributed by atoms with E-state index in [-0.39, 0.29) is 6.10 Å². The van der Waals surface area contributed by atoms with Gasteiger partial charge in [-0.05, 0) is 20.8 Å². The molecule has 0 heterocycles. The van der Waals surface area contributed by atoms with Crippen LogP contribution in [-0.2, 0) is 4.74 Å². The van der Waals surface area contributed by atoms with Crippen molar-refractivity contribution in [2.75, 3.05) is 13.7 Å². The van der Waals surface area contributed by atoms with Crippen LogP contribution in [0.15, 0.2) is 16.9 Å². The van der Waals surface area contributed by atoms with Crippen molar-refractivity contribution in [3.63, 3.8) is 0 Å². The predicted molar refractivity (Wildman–Crippen MR) is 52.2 cm³/mol. The topological polar surface area (TPSA) is 24.8 Å². The molecular weight excluding hydrogens is 152 g/mol. The van der Waals surface area contributed by atoms with Gasteiger partial charge < -0.3 is 4.74 Å². The summed E-state index contributed by atoms with van der Waals surface area (Å²) >= 11 is 0. The molecule has 0 radical (unpaired) electrons. The SMILES string of the molecule is C=NN(C)/C(=C\C)COC(C)C. The van der Waals surface area contributed by atoms with Gasteiger partial charge in [-0.1, -0.05) is 6.08 Å². The van der Waals surface area contributed by atoms with Crippen LogP contribution in [0.3, 0.4) is 0 Å². The Kier molecular flexibility index (Phi) is 5.37. The molecule has 0 unspecified atom stereocenters. The summed E-state index contributed by atoms with van der Waals surface area (Å²) in [6.45, 7) is 10.00. The molecule has 0 aliphatic rings. The van der Waals surface area contributed by atoms with Crippen molar-refractivity contribution in [1.82, 2.24) is 5.01 Å². The summed E-state index contributed by atoms with van der Waals surface area (Å²) in [6, 6.07) is 0. The van der Waals surface area contributed by atoms with Crippen molar-refractivity contribution in [3.05, 3.63) is 11.8 Å². The van der Waals surface area contributed by atoms with Gasteiger partial charge in [-0.15, -0.1) is 0 Å². The minimum atomic E-state index is 0.248. The van der Waals surface area contributed by atoms with Gasteiger partial charge in [0.2, 0.25) is 0 Å². The third-order valence-electron chi connectivity index (χ3n) is 1.53. The van der Waals surface area contributed by atoms with Crippen LogP contribution in [0.25, 0.3) is 0 Å². The van der Waals surface area contributed by atoms with Gasteiger partial charge in [0.25, 0.3) is 0 Å². The number of hydrogen-bond donors (Lipinski definition) is 0. The molecule has 0 aromatic heterocycles. The number of allylic oxidation sites excluding steroid dienone is 1. The molecule has 0 aliphatic heterocycles. The molecule has 0 spiro atoms. The summed E-state index contributed by atoms with van der Waals surface area (Å²) in [5, 5.41) is 5.48. The van der Waals surface area contributed by atoms with E-state index in [4.69, 9.17) is 4.74 Å². The molecule has 0 aromatic carbocycles. The largest absolute Gasteiger partial charge is 0.373 e. The van der Waals surface area contributed by atoms with Gasteiger partial charge in [-0.2, -0.15) is 5.10 Å². The van der Waals surface area contributed by atoms with Crippen LogP contribution in [0, 0.1) is 0 Å². The van der Waals surface area contributed by atoms with Gasteiger partial charge in [0.1, 0.15) is 0 Å². The van der Waals surface area contributed by atoms with E-state index in [9.17, 15) is 0 Å². The Bertz CT molecular complexity index is 164. The summed E-state index contributed by atoms with van der Waals surface area (Å²) in [7, 11) is 1.85. The first-order valence-electron chi connectivity index (χ1n) is 4.09. The molecular formula is C9H18N2O. The summed E-state index contributed by atoms with van der Waals surface area (Å²) in [6.07, 6.45) is 2.22. The average molecular weight is 170 g/mol. The average Bonchev–Trinajstić information content (AvgIpc) is 2.04. The Morgan fingerprint density at radius 2 is 2.25 bits per heavy atom. The van der Waals surface area contributed by atoms with E-state index in [1.807, 2.05) is 33.9 Å². The van der Waals surface area contributed by atoms with E-state index in [0.29, 0.717) is 6.61 Å². The monoisotopic (exact) mass is 170 g/mol. The van der Waals surface area contributed by atoms with Crippen LogP contribution >= 0.6 is 0 Å². The zero-order valence-electron chi connectivity index (χ0n) is 8.37. The normalized spacial score (nSPS) is 11.9. The summed E-state index contributed by atoms with van der Waals surface area (Å²) in [4.78, 5) is 0. The first kappa shape index (κ1) is 11.2. The fourth-order valence-electron chi connectivity index (χ4n) is 0.706. The van der Waals surface area contributed by atoms with Crippen molar-refractivity contribution >= 4 is 6.72 Å². The fraction of sp³-hybridized carbons (Fsp3) is 0.667. The highest BCUT2D eigenvalue weighted by Crippen LogP contribution is 2.03. The van der Waals surface area contributed by atoms with Gasteiger partial charge in [0.05, 0.1) is 18.4 Å². The molecule has 0 amide bonds. The van der Waals surface area contributed by atoms with Crippen LogP contribution in [0.5, 0.6) is 0 Å². The first-order valence-corrected chi connectivity index (χ1v) is 4.09. The van der Waals surface area contributed by atoms with Gasteiger partial charge in [-0.25, -0.2) is 0 Å². The van der Waals surface area contributed by atoms with Crippen molar-refractivity contribution in [1.29, 1.82) is 0 Å². The zero-order chi connectivity index (χ0) is 9.56. The highest BCUT2D eigenvalue weighted by Gasteiger charge is 2.02. The summed E-state index contributed by atoms with van der Waals surface area (Å²) in [5.74, 6) is 0. The van der Waals surface area contributed by atoms with E-state index < -0.39 is 0 Å². The number of hydrogen-bond acceptors (Lipinski definition) is 3. The van der Waals surface area contributed by atoms with Gasteiger partial charge >= 0.3 is 0 Å². The third-order valence-corrected chi connectivity index (χ3v) is 1.53. The second kappa shape index (κ2) is 5.77. The lowest BCUT2D eigenvalue weighted by Gasteiger charge is -2.17. The Balaban J connectivity index is 3.93. The van der Waals surface area contributed by atoms with Crippen molar-refractivity contribution in [2.45, 2.75) is 26.9 Å². The van der Waals surface area contributed by atoms with E-state index in [0.717, 1.165) is 5.70 Å². The van der Waals surface area contributed by atoms with Crippen molar-refractivity contribution < 1.29 is 4.74 Å². The van der Waals surface area contributed by atoms with Gasteiger partial charge in [0, 0.05) is 13.8 Å². The number of likely N-dealkylation sites (N-methyl/N-ethyl adjacent to an activating group) is 1. The van der Waals surface area contributed by atoms with Crippen LogP contribution in [0.2, 0.25) is 0 Å². The second-order valence-electron chi connectivity index (χ2n) is 2.80. The smallest absolute Gasteiger partial charge is 0.0884 e. The minimum absolute atomic E-state index is 0.248. The summed E-state index contributed by atoms with van der Waals surface area (Å²) < 4.78 is 5.42. The molecule has 0 aromatic rings. The maximum absolute atomic E-state index is 5.42. The standard InChI is InChI=1S/C9H18N2O/c1-6-9(11(5)10-4)7-12-8(2)3/h6,8H,4,7H2,1-3,5H3/b9-6-. The molecule has 12 heavy (non-hydrogen) atoms. The molecule has 3 nitrogen and oxygen atoms in total. The molecule has 0 saturated carbocycles. The third kappa shape index (κ3) is 4.13. The predicted octanol–water partition coefficient (Wildman–Crippen LogP) is 1.86. The van der Waals surface area contributed by atoms with Crippen LogP contribution in [0.1, 0.15) is 20.8 Å². The Morgan fingerprint density at radius 1 is 1.67 bits per heavy atom. The minimum Gasteiger partial charge on any atom is -0.373 e. The number of hydrazone groups is 1. The second-order valence-corrected chi connectivity index (χ2v) is 2.80. The molecule has 70 valence electrons. The fourth-order valence-corrected chi connectivity index (χ4v) is 0.706. The molecule has 0 saturated heterocycles. The van der Waals surface area contributed by atoms with Crippen molar-refractivity contribution in [2.24, 2.45) is 5.10 Å². The first-order chi connectivity index (χ1) is 5.61. The zero-order valence-corrected chi connectivity index (χ0v) is 8.37. The van der Waals surface area contributed by atoms with E-state index in [1.165, 1.54) is 0 Å². The molecule has 0 atom stereocenters. The molecule has 0 rings (SSSR count). The molecule has 0 fully saturated rings. The highest BCUT2D eigenvalue weighted by atomic mass is 16.5. The Morgan fingerprint density at radius 3 is 2.58 bits per heavy atom. The number of nitrogens with zero attached hydrogens (tertiary/aromatic N) is 2. The summed E-state index contributed by atoms with van der Waals surface area (Å²) in [5.41, 5.74) is 1.03. The van der Waals surface area contributed by atoms with Crippen molar-refractivity contribution in [3.8, 4) is 0 Å². The van der Waals surface area contributed by atoms with Gasteiger partial charge in [-0.3, -0.25) is 5.01 Å². The number of rotatable bonds is 5. The lowest BCUT2D eigenvalue weighted by molar-refractivity contribution is 0.0847. The Labute approximate surface area is 74.7 Å². The highest BCUT2D eigenvalue weighted by molar-refractivity contribution is 5.23. The van der Waals surface area contributed by atoms with E-state index >= 15 is 0 Å². The van der Waals surface area contributed by atoms with E-state index in [2.05, 4.69) is 11.8 Å². The maximum Gasteiger partial charge on any atom is 0.0884 e. The molecule has 3 heteroatoms. The molecule has 0 aliphatic carbocycles.